The first-order chi connectivity index (χ1) is 9.40. The molecule has 1 aromatic carbocycles. The molecule has 0 aliphatic heterocycles. The third kappa shape index (κ3) is 2.57. The van der Waals surface area contributed by atoms with Gasteiger partial charge in [-0.2, -0.15) is 0 Å². The van der Waals surface area contributed by atoms with Crippen LogP contribution in [0.4, 0.5) is 9.59 Å². The predicted molar refractivity (Wildman–Crippen MR) is 68.8 cm³/mol. The van der Waals surface area contributed by atoms with Crippen molar-refractivity contribution in [3.05, 3.63) is 28.8 Å². The minimum atomic E-state index is -1.55. The fourth-order valence-corrected chi connectivity index (χ4v) is 1.89. The zero-order valence-corrected chi connectivity index (χ0v) is 10.8. The fourth-order valence-electron chi connectivity index (χ4n) is 1.65. The third-order valence-electron chi connectivity index (χ3n) is 2.48. The van der Waals surface area contributed by atoms with Crippen LogP contribution < -0.4 is 9.47 Å². The highest BCUT2D eigenvalue weighted by Crippen LogP contribution is 2.35. The van der Waals surface area contributed by atoms with Gasteiger partial charge in [0, 0.05) is 10.9 Å². The number of ether oxygens (including phenoxy) is 2. The van der Waals surface area contributed by atoms with E-state index < -0.39 is 12.3 Å². The van der Waals surface area contributed by atoms with E-state index in [2.05, 4.69) is 14.5 Å². The highest BCUT2D eigenvalue weighted by molar-refractivity contribution is 6.36. The van der Waals surface area contributed by atoms with E-state index in [9.17, 15) is 9.59 Å². The van der Waals surface area contributed by atoms with Crippen LogP contribution in [0.3, 0.4) is 0 Å². The lowest BCUT2D eigenvalue weighted by Crippen LogP contribution is -2.08. The Morgan fingerprint density at radius 3 is 2.45 bits per heavy atom. The van der Waals surface area contributed by atoms with Crippen LogP contribution in [0.5, 0.6) is 11.6 Å². The summed E-state index contributed by atoms with van der Waals surface area (Å²) in [6, 6.07) is 4.53. The first-order valence-electron chi connectivity index (χ1n) is 5.30. The van der Waals surface area contributed by atoms with Gasteiger partial charge in [0.1, 0.15) is 5.52 Å². The maximum Gasteiger partial charge on any atom is 0.512 e. The number of pyridine rings is 1. The Labute approximate surface area is 117 Å². The van der Waals surface area contributed by atoms with Gasteiger partial charge in [-0.1, -0.05) is 23.7 Å². The first kappa shape index (κ1) is 13.9. The molecule has 0 amide bonds. The molecule has 0 saturated heterocycles. The number of aromatic nitrogens is 1. The molecule has 0 aliphatic rings. The van der Waals surface area contributed by atoms with E-state index in [1.54, 1.807) is 12.1 Å². The van der Waals surface area contributed by atoms with Crippen molar-refractivity contribution >= 4 is 34.8 Å². The van der Waals surface area contributed by atoms with Crippen molar-refractivity contribution < 1.29 is 29.3 Å². The van der Waals surface area contributed by atoms with Crippen LogP contribution in [0.15, 0.2) is 18.2 Å². The average molecular weight is 298 g/mol. The van der Waals surface area contributed by atoms with Gasteiger partial charge >= 0.3 is 12.3 Å². The molecule has 8 heteroatoms. The number of carboxylic acid groups (broad SMARTS) is 2. The maximum atomic E-state index is 10.6. The molecule has 0 aliphatic carbocycles. The van der Waals surface area contributed by atoms with Crippen molar-refractivity contribution in [3.63, 3.8) is 0 Å². The number of rotatable bonds is 2. The molecular weight excluding hydrogens is 290 g/mol. The number of hydrogen-bond donors (Lipinski definition) is 2. The van der Waals surface area contributed by atoms with E-state index in [1.807, 2.05) is 0 Å². The van der Waals surface area contributed by atoms with Gasteiger partial charge in [-0.25, -0.2) is 14.6 Å². The first-order valence-corrected chi connectivity index (χ1v) is 5.68. The Morgan fingerprint density at radius 1 is 1.20 bits per heavy atom. The molecule has 2 rings (SSSR count). The molecule has 7 nitrogen and oxygen atoms in total. The summed E-state index contributed by atoms with van der Waals surface area (Å²) in [6.07, 6.45) is -3.07. The molecular formula is C12H8ClNO6. The smallest absolute Gasteiger partial charge is 0.449 e. The molecule has 0 bridgehead atoms. The van der Waals surface area contributed by atoms with Gasteiger partial charge < -0.3 is 19.7 Å². The summed E-state index contributed by atoms with van der Waals surface area (Å²) in [5, 5.41) is 17.9. The molecule has 1 heterocycles. The number of nitrogens with zero attached hydrogens (tertiary/aromatic N) is 1. The van der Waals surface area contributed by atoms with Crippen LogP contribution >= 0.6 is 11.6 Å². The van der Waals surface area contributed by atoms with Gasteiger partial charge in [0.15, 0.2) is 5.75 Å². The Morgan fingerprint density at radius 2 is 1.85 bits per heavy atom. The van der Waals surface area contributed by atoms with Crippen LogP contribution in [0.25, 0.3) is 10.9 Å². The lowest BCUT2D eigenvalue weighted by molar-refractivity contribution is 0.141. The molecule has 0 saturated carbocycles. The van der Waals surface area contributed by atoms with Crippen molar-refractivity contribution in [1.82, 2.24) is 4.98 Å². The van der Waals surface area contributed by atoms with E-state index in [-0.39, 0.29) is 22.2 Å². The van der Waals surface area contributed by atoms with Crippen molar-refractivity contribution in [2.75, 3.05) is 0 Å². The molecule has 0 radical (unpaired) electrons. The second-order valence-electron chi connectivity index (χ2n) is 3.74. The largest absolute Gasteiger partial charge is 0.512 e. The number of benzene rings is 1. The predicted octanol–water partition coefficient (Wildman–Crippen LogP) is 3.31. The quantitative estimate of drug-likeness (QED) is 0.647. The van der Waals surface area contributed by atoms with Crippen LogP contribution in [-0.4, -0.2) is 27.5 Å². The topological polar surface area (TPSA) is 106 Å². The number of para-hydroxylation sites is 1. The van der Waals surface area contributed by atoms with E-state index >= 15 is 0 Å². The average Bonchev–Trinajstić information content (AvgIpc) is 2.35. The molecule has 0 spiro atoms. The number of hydrogen-bond acceptors (Lipinski definition) is 5. The fraction of sp³-hybridized carbons (Fsp3) is 0.0833. The van der Waals surface area contributed by atoms with Crippen molar-refractivity contribution in [1.29, 1.82) is 0 Å². The molecule has 0 unspecified atom stereocenters. The summed E-state index contributed by atoms with van der Waals surface area (Å²) in [5.41, 5.74) is 0.427. The normalized spacial score (nSPS) is 10.3. The Balaban J connectivity index is 2.70. The minimum Gasteiger partial charge on any atom is -0.449 e. The van der Waals surface area contributed by atoms with Gasteiger partial charge in [-0.05, 0) is 13.0 Å². The molecule has 2 N–H and O–H groups in total. The second-order valence-corrected chi connectivity index (χ2v) is 4.12. The highest BCUT2D eigenvalue weighted by atomic mass is 35.5. The van der Waals surface area contributed by atoms with E-state index in [1.165, 1.54) is 13.0 Å². The van der Waals surface area contributed by atoms with Gasteiger partial charge in [-0.15, -0.1) is 0 Å². The van der Waals surface area contributed by atoms with Crippen LogP contribution in [0.2, 0.25) is 5.02 Å². The lowest BCUT2D eigenvalue weighted by Gasteiger charge is -2.10. The van der Waals surface area contributed by atoms with Crippen molar-refractivity contribution in [2.45, 2.75) is 6.92 Å². The molecule has 0 atom stereocenters. The van der Waals surface area contributed by atoms with Crippen molar-refractivity contribution in [3.8, 4) is 11.6 Å². The maximum absolute atomic E-state index is 10.6. The van der Waals surface area contributed by atoms with E-state index in [0.29, 0.717) is 10.9 Å². The van der Waals surface area contributed by atoms with Gasteiger partial charge in [0.25, 0.3) is 0 Å². The van der Waals surface area contributed by atoms with Gasteiger partial charge in [0.2, 0.25) is 5.88 Å². The summed E-state index contributed by atoms with van der Waals surface area (Å²) < 4.78 is 9.09. The Kier molecular flexibility index (Phi) is 3.62. The standard InChI is InChI=1S/C12H8ClNO6/c1-5-8(13)6-3-2-4-7(19-11(15)16)9(6)14-10(5)20-12(17)18/h2-4H,1H3,(H,15,16)(H,17,18). The van der Waals surface area contributed by atoms with Gasteiger partial charge in [0.05, 0.1) is 5.02 Å². The van der Waals surface area contributed by atoms with E-state index in [4.69, 9.17) is 21.8 Å². The second kappa shape index (κ2) is 5.22. The molecule has 104 valence electrons. The number of halogens is 1. The Hall–Kier alpha value is -2.54. The van der Waals surface area contributed by atoms with Crippen LogP contribution in [0, 0.1) is 6.92 Å². The molecule has 2 aromatic rings. The van der Waals surface area contributed by atoms with Crippen LogP contribution in [-0.2, 0) is 0 Å². The monoisotopic (exact) mass is 297 g/mol. The molecule has 0 fully saturated rings. The molecule has 20 heavy (non-hydrogen) atoms. The van der Waals surface area contributed by atoms with Gasteiger partial charge in [-0.3, -0.25) is 0 Å². The summed E-state index contributed by atoms with van der Waals surface area (Å²) >= 11 is 6.11. The van der Waals surface area contributed by atoms with Crippen LogP contribution in [0.1, 0.15) is 5.56 Å². The Bertz CT molecular complexity index is 715. The highest BCUT2D eigenvalue weighted by Gasteiger charge is 2.17. The van der Waals surface area contributed by atoms with E-state index in [0.717, 1.165) is 0 Å². The zero-order chi connectivity index (χ0) is 14.9. The number of fused-ring (bicyclic) bond motifs is 1. The summed E-state index contributed by atoms with van der Waals surface area (Å²) in [6.45, 7) is 1.54. The SMILES string of the molecule is Cc1c(OC(=O)O)nc2c(OC(=O)O)cccc2c1Cl. The minimum absolute atomic E-state index is 0.0628. The van der Waals surface area contributed by atoms with Crippen molar-refractivity contribution in [2.24, 2.45) is 0 Å². The third-order valence-corrected chi connectivity index (χ3v) is 2.97. The number of carbonyl (C=O) groups is 2. The zero-order valence-electron chi connectivity index (χ0n) is 10.1. The summed E-state index contributed by atoms with van der Waals surface area (Å²) in [5.74, 6) is -0.288. The summed E-state index contributed by atoms with van der Waals surface area (Å²) in [4.78, 5) is 25.2. The lowest BCUT2D eigenvalue weighted by atomic mass is 10.1. The summed E-state index contributed by atoms with van der Waals surface area (Å²) in [7, 11) is 0. The molecule has 1 aromatic heterocycles.